The summed E-state index contributed by atoms with van der Waals surface area (Å²) in [5.74, 6) is 0. The van der Waals surface area contributed by atoms with Gasteiger partial charge in [-0.05, 0) is 18.0 Å². The molecule has 22 heavy (non-hydrogen) atoms. The number of rotatable bonds is 5. The summed E-state index contributed by atoms with van der Waals surface area (Å²) < 4.78 is 0. The van der Waals surface area contributed by atoms with Gasteiger partial charge in [-0.3, -0.25) is 0 Å². The van der Waals surface area contributed by atoms with Crippen molar-refractivity contribution in [3.8, 4) is 0 Å². The fraction of sp³-hybridized carbons (Fsp3) is 0.474. The van der Waals surface area contributed by atoms with Crippen molar-refractivity contribution < 1.29 is 0 Å². The highest BCUT2D eigenvalue weighted by molar-refractivity contribution is 6.32. The van der Waals surface area contributed by atoms with Gasteiger partial charge in [0.2, 0.25) is 0 Å². The van der Waals surface area contributed by atoms with Crippen LogP contribution in [0.2, 0.25) is 0 Å². The fourth-order valence-corrected chi connectivity index (χ4v) is 3.34. The van der Waals surface area contributed by atoms with Gasteiger partial charge in [0.25, 0.3) is 0 Å². The molecule has 0 heterocycles. The fourth-order valence-electron chi connectivity index (χ4n) is 3.34. The first-order chi connectivity index (χ1) is 10.2. The summed E-state index contributed by atoms with van der Waals surface area (Å²) in [7, 11) is 4.18. The lowest BCUT2D eigenvalue weighted by Gasteiger charge is -2.48. The molecule has 3 atom stereocenters. The van der Waals surface area contributed by atoms with E-state index in [2.05, 4.69) is 83.1 Å². The molecule has 3 unspecified atom stereocenters. The van der Waals surface area contributed by atoms with Gasteiger partial charge in [0.1, 0.15) is 7.85 Å². The van der Waals surface area contributed by atoms with Crippen LogP contribution >= 0.6 is 0 Å². The van der Waals surface area contributed by atoms with Crippen molar-refractivity contribution in [1.29, 1.82) is 0 Å². The molecule has 0 amide bonds. The lowest BCUT2D eigenvalue weighted by molar-refractivity contribution is 0.293. The highest BCUT2D eigenvalue weighted by Crippen LogP contribution is 2.41. The largest absolute Gasteiger partial charge is 0.381 e. The molecule has 0 radical (unpaired) electrons. The minimum absolute atomic E-state index is 0.0344. The van der Waals surface area contributed by atoms with E-state index in [0.29, 0.717) is 6.04 Å². The summed E-state index contributed by atoms with van der Waals surface area (Å²) in [6, 6.07) is 9.36. The van der Waals surface area contributed by atoms with Crippen LogP contribution in [-0.4, -0.2) is 27.0 Å². The predicted octanol–water partition coefficient (Wildman–Crippen LogP) is 1.88. The topological polar surface area (TPSA) is 24.1 Å². The average Bonchev–Trinajstić information content (AvgIpc) is 2.41. The van der Waals surface area contributed by atoms with E-state index in [-0.39, 0.29) is 16.9 Å². The third-order valence-electron chi connectivity index (χ3n) is 4.79. The average molecular weight is 296 g/mol. The SMILES string of the molecule is Bc1cccc(C2(C)C=C(NC(C=C)C(C)(C)C)C2NC)c1. The van der Waals surface area contributed by atoms with Gasteiger partial charge in [-0.15, -0.1) is 6.58 Å². The van der Waals surface area contributed by atoms with E-state index in [1.54, 1.807) is 0 Å². The van der Waals surface area contributed by atoms with Crippen molar-refractivity contribution in [1.82, 2.24) is 10.6 Å². The zero-order chi connectivity index (χ0) is 16.5. The molecule has 0 saturated heterocycles. The molecule has 2 nitrogen and oxygen atoms in total. The van der Waals surface area contributed by atoms with Crippen LogP contribution in [-0.2, 0) is 5.41 Å². The summed E-state index contributed by atoms with van der Waals surface area (Å²) in [6.45, 7) is 13.0. The van der Waals surface area contributed by atoms with Crippen molar-refractivity contribution in [3.63, 3.8) is 0 Å². The quantitative estimate of drug-likeness (QED) is 0.640. The lowest BCUT2D eigenvalue weighted by atomic mass is 9.65. The molecule has 0 aliphatic heterocycles. The second-order valence-electron chi connectivity index (χ2n) is 7.70. The van der Waals surface area contributed by atoms with Crippen molar-refractivity contribution in [2.24, 2.45) is 5.41 Å². The van der Waals surface area contributed by atoms with Gasteiger partial charge in [0.15, 0.2) is 0 Å². The highest BCUT2D eigenvalue weighted by atomic mass is 15.1. The van der Waals surface area contributed by atoms with E-state index in [4.69, 9.17) is 0 Å². The minimum atomic E-state index is 0.0344. The molecule has 1 aliphatic carbocycles. The zero-order valence-electron chi connectivity index (χ0n) is 14.8. The summed E-state index contributed by atoms with van der Waals surface area (Å²) in [5.41, 5.74) is 4.12. The van der Waals surface area contributed by atoms with Crippen LogP contribution in [0.4, 0.5) is 0 Å². The summed E-state index contributed by atoms with van der Waals surface area (Å²) in [5, 5.41) is 7.14. The van der Waals surface area contributed by atoms with Crippen LogP contribution in [0.5, 0.6) is 0 Å². The standard InChI is InChI=1S/C19H29BN2/c1-7-16(18(2,3)4)22-15-12-19(5,17(15)21-6)13-9-8-10-14(20)11-13/h7-12,16-17,21-22H,1,20H2,2-6H3. The maximum Gasteiger partial charge on any atom is 0.139 e. The monoisotopic (exact) mass is 296 g/mol. The summed E-state index contributed by atoms with van der Waals surface area (Å²) >= 11 is 0. The highest BCUT2D eigenvalue weighted by Gasteiger charge is 2.44. The van der Waals surface area contributed by atoms with Gasteiger partial charge in [-0.25, -0.2) is 0 Å². The van der Waals surface area contributed by atoms with Gasteiger partial charge in [-0.2, -0.15) is 0 Å². The molecule has 0 spiro atoms. The Kier molecular flexibility index (Phi) is 4.58. The molecule has 1 aromatic rings. The van der Waals surface area contributed by atoms with Crippen molar-refractivity contribution in [2.45, 2.75) is 45.2 Å². The second kappa shape index (κ2) is 5.96. The third kappa shape index (κ3) is 3.00. The van der Waals surface area contributed by atoms with Crippen LogP contribution in [0.15, 0.2) is 48.7 Å². The number of hydrogen-bond donors (Lipinski definition) is 2. The predicted molar refractivity (Wildman–Crippen MR) is 99.5 cm³/mol. The number of benzene rings is 1. The van der Waals surface area contributed by atoms with Crippen molar-refractivity contribution >= 4 is 13.3 Å². The molecule has 2 N–H and O–H groups in total. The van der Waals surface area contributed by atoms with Crippen LogP contribution < -0.4 is 16.1 Å². The second-order valence-corrected chi connectivity index (χ2v) is 7.70. The molecule has 0 aromatic heterocycles. The number of nitrogens with one attached hydrogen (secondary N) is 2. The first kappa shape index (κ1) is 16.9. The molecule has 0 saturated carbocycles. The Morgan fingerprint density at radius 3 is 2.55 bits per heavy atom. The van der Waals surface area contributed by atoms with E-state index < -0.39 is 0 Å². The molecule has 3 heteroatoms. The Bertz CT molecular complexity index is 585. The molecule has 1 aromatic carbocycles. The molecule has 1 aliphatic rings. The Morgan fingerprint density at radius 1 is 1.36 bits per heavy atom. The van der Waals surface area contributed by atoms with Crippen LogP contribution in [0.25, 0.3) is 0 Å². The molecule has 118 valence electrons. The van der Waals surface area contributed by atoms with Gasteiger partial charge >= 0.3 is 0 Å². The maximum absolute atomic E-state index is 3.99. The van der Waals surface area contributed by atoms with E-state index in [1.807, 2.05) is 13.1 Å². The van der Waals surface area contributed by atoms with E-state index in [9.17, 15) is 0 Å². The normalized spacial score (nSPS) is 25.9. The van der Waals surface area contributed by atoms with Crippen LogP contribution in [0, 0.1) is 5.41 Å². The van der Waals surface area contributed by atoms with Crippen molar-refractivity contribution in [3.05, 3.63) is 54.3 Å². The number of likely N-dealkylation sites (N-methyl/N-ethyl adjacent to an activating group) is 1. The summed E-state index contributed by atoms with van der Waals surface area (Å²) in [4.78, 5) is 0. The van der Waals surface area contributed by atoms with Crippen LogP contribution in [0.3, 0.4) is 0 Å². The van der Waals surface area contributed by atoms with E-state index in [1.165, 1.54) is 16.7 Å². The van der Waals surface area contributed by atoms with Crippen LogP contribution in [0.1, 0.15) is 33.3 Å². The lowest BCUT2D eigenvalue weighted by Crippen LogP contribution is -2.58. The molecule has 0 bridgehead atoms. The Morgan fingerprint density at radius 2 is 2.05 bits per heavy atom. The molecule has 0 fully saturated rings. The van der Waals surface area contributed by atoms with Gasteiger partial charge in [-0.1, -0.05) is 69.6 Å². The van der Waals surface area contributed by atoms with Crippen molar-refractivity contribution in [2.75, 3.05) is 7.05 Å². The number of hydrogen-bond acceptors (Lipinski definition) is 2. The van der Waals surface area contributed by atoms with Gasteiger partial charge < -0.3 is 10.6 Å². The third-order valence-corrected chi connectivity index (χ3v) is 4.79. The van der Waals surface area contributed by atoms with Gasteiger partial charge in [0, 0.05) is 17.2 Å². The smallest absolute Gasteiger partial charge is 0.139 e. The zero-order valence-corrected chi connectivity index (χ0v) is 14.8. The first-order valence-electron chi connectivity index (χ1n) is 8.08. The Hall–Kier alpha value is -1.48. The Balaban J connectivity index is 2.27. The van der Waals surface area contributed by atoms with E-state index in [0.717, 1.165) is 0 Å². The maximum atomic E-state index is 3.99. The molecule has 2 rings (SSSR count). The Labute approximate surface area is 136 Å². The first-order valence-corrected chi connectivity index (χ1v) is 8.08. The minimum Gasteiger partial charge on any atom is -0.381 e. The molecular weight excluding hydrogens is 267 g/mol. The van der Waals surface area contributed by atoms with E-state index >= 15 is 0 Å². The molecular formula is C19H29BN2. The summed E-state index contributed by atoms with van der Waals surface area (Å²) in [6.07, 6.45) is 4.36. The van der Waals surface area contributed by atoms with Gasteiger partial charge in [0.05, 0.1) is 6.04 Å².